The third-order valence-corrected chi connectivity index (χ3v) is 3.38. The molecule has 0 aromatic rings. The van der Waals surface area contributed by atoms with Crippen molar-refractivity contribution in [3.63, 3.8) is 0 Å². The number of rotatable bonds is 7. The minimum atomic E-state index is -0.250. The topological polar surface area (TPSA) is 41.6 Å². The van der Waals surface area contributed by atoms with Crippen LogP contribution in [0.15, 0.2) is 0 Å². The van der Waals surface area contributed by atoms with E-state index in [1.807, 2.05) is 21.0 Å². The van der Waals surface area contributed by atoms with Crippen LogP contribution in [-0.4, -0.2) is 50.2 Å². The summed E-state index contributed by atoms with van der Waals surface area (Å²) in [4.78, 5) is 13.9. The highest BCUT2D eigenvalue weighted by Gasteiger charge is 2.26. The van der Waals surface area contributed by atoms with Crippen LogP contribution < -0.4 is 5.32 Å². The normalized spacial score (nSPS) is 18.3. The molecule has 1 atom stereocenters. The molecule has 17 heavy (non-hydrogen) atoms. The van der Waals surface area contributed by atoms with Crippen LogP contribution in [0.25, 0.3) is 0 Å². The molecule has 0 aromatic heterocycles. The molecule has 1 fully saturated rings. The summed E-state index contributed by atoms with van der Waals surface area (Å²) in [7, 11) is 3.74. The van der Waals surface area contributed by atoms with Crippen molar-refractivity contribution in [2.45, 2.75) is 51.2 Å². The van der Waals surface area contributed by atoms with Gasteiger partial charge < -0.3 is 15.0 Å². The number of amides is 1. The van der Waals surface area contributed by atoms with Gasteiger partial charge >= 0.3 is 0 Å². The maximum atomic E-state index is 12.1. The molecule has 0 spiro atoms. The lowest BCUT2D eigenvalue weighted by atomic mass is 10.2. The number of hydrogen-bond acceptors (Lipinski definition) is 3. The first-order valence-corrected chi connectivity index (χ1v) is 6.74. The van der Waals surface area contributed by atoms with Gasteiger partial charge in [0.1, 0.15) is 6.10 Å². The summed E-state index contributed by atoms with van der Waals surface area (Å²) >= 11 is 0. The van der Waals surface area contributed by atoms with Crippen LogP contribution in [0.3, 0.4) is 0 Å². The predicted octanol–water partition coefficient (Wildman–Crippen LogP) is 1.40. The Kier molecular flexibility index (Phi) is 6.52. The van der Waals surface area contributed by atoms with Crippen LogP contribution in [0.2, 0.25) is 0 Å². The summed E-state index contributed by atoms with van der Waals surface area (Å²) < 4.78 is 5.91. The van der Waals surface area contributed by atoms with Gasteiger partial charge in [0.15, 0.2) is 0 Å². The van der Waals surface area contributed by atoms with Crippen LogP contribution >= 0.6 is 0 Å². The van der Waals surface area contributed by atoms with Crippen molar-refractivity contribution in [3.8, 4) is 0 Å². The Morgan fingerprint density at radius 2 is 2.12 bits per heavy atom. The SMILES string of the molecule is CCC(OC1CCCC1)C(=O)N(C)CCNC. The predicted molar refractivity (Wildman–Crippen MR) is 69.0 cm³/mol. The quantitative estimate of drug-likeness (QED) is 0.734. The van der Waals surface area contributed by atoms with Gasteiger partial charge in [0.2, 0.25) is 0 Å². The van der Waals surface area contributed by atoms with Crippen molar-refractivity contribution >= 4 is 5.91 Å². The molecule has 4 heteroatoms. The Morgan fingerprint density at radius 1 is 1.47 bits per heavy atom. The van der Waals surface area contributed by atoms with E-state index in [-0.39, 0.29) is 12.0 Å². The summed E-state index contributed by atoms with van der Waals surface area (Å²) in [6.07, 6.45) is 5.53. The molecule has 1 aliphatic carbocycles. The van der Waals surface area contributed by atoms with Crippen molar-refractivity contribution in [2.24, 2.45) is 0 Å². The third-order valence-electron chi connectivity index (χ3n) is 3.38. The van der Waals surface area contributed by atoms with Gasteiger partial charge in [0, 0.05) is 20.1 Å². The monoisotopic (exact) mass is 242 g/mol. The van der Waals surface area contributed by atoms with E-state index < -0.39 is 0 Å². The molecule has 1 unspecified atom stereocenters. The maximum Gasteiger partial charge on any atom is 0.251 e. The largest absolute Gasteiger partial charge is 0.365 e. The molecule has 0 aromatic carbocycles. The Morgan fingerprint density at radius 3 is 2.65 bits per heavy atom. The number of hydrogen-bond donors (Lipinski definition) is 1. The molecule has 0 bridgehead atoms. The van der Waals surface area contributed by atoms with E-state index >= 15 is 0 Å². The van der Waals surface area contributed by atoms with Gasteiger partial charge in [-0.1, -0.05) is 19.8 Å². The standard InChI is InChI=1S/C13H26N2O2/c1-4-12(17-11-7-5-6-8-11)13(16)15(3)10-9-14-2/h11-12,14H,4-10H2,1-3H3. The van der Waals surface area contributed by atoms with E-state index in [9.17, 15) is 4.79 Å². The van der Waals surface area contributed by atoms with E-state index in [0.29, 0.717) is 6.10 Å². The first kappa shape index (κ1) is 14.5. The van der Waals surface area contributed by atoms with Gasteiger partial charge in [-0.25, -0.2) is 0 Å². The smallest absolute Gasteiger partial charge is 0.251 e. The van der Waals surface area contributed by atoms with Crippen LogP contribution in [0, 0.1) is 0 Å². The van der Waals surface area contributed by atoms with Crippen molar-refractivity contribution in [1.82, 2.24) is 10.2 Å². The second kappa shape index (κ2) is 7.67. The molecule has 4 nitrogen and oxygen atoms in total. The van der Waals surface area contributed by atoms with Crippen molar-refractivity contribution in [1.29, 1.82) is 0 Å². The van der Waals surface area contributed by atoms with E-state index in [1.165, 1.54) is 12.8 Å². The Bertz CT molecular complexity index is 227. The lowest BCUT2D eigenvalue weighted by Crippen LogP contribution is -2.41. The van der Waals surface area contributed by atoms with Gasteiger partial charge in [0.05, 0.1) is 6.10 Å². The zero-order chi connectivity index (χ0) is 12.7. The average Bonchev–Trinajstić information content (AvgIpc) is 2.84. The zero-order valence-electron chi connectivity index (χ0n) is 11.4. The molecule has 1 N–H and O–H groups in total. The van der Waals surface area contributed by atoms with E-state index in [1.54, 1.807) is 4.90 Å². The highest BCUT2D eigenvalue weighted by Crippen LogP contribution is 2.23. The fourth-order valence-corrected chi connectivity index (χ4v) is 2.22. The minimum Gasteiger partial charge on any atom is -0.365 e. The molecule has 1 amide bonds. The molecule has 0 heterocycles. The maximum absolute atomic E-state index is 12.1. The Hall–Kier alpha value is -0.610. The summed E-state index contributed by atoms with van der Waals surface area (Å²) in [5.41, 5.74) is 0. The van der Waals surface area contributed by atoms with Crippen molar-refractivity contribution in [2.75, 3.05) is 27.2 Å². The number of nitrogens with one attached hydrogen (secondary N) is 1. The Balaban J connectivity index is 2.39. The van der Waals surface area contributed by atoms with Gasteiger partial charge in [-0.15, -0.1) is 0 Å². The minimum absolute atomic E-state index is 0.120. The lowest BCUT2D eigenvalue weighted by Gasteiger charge is -2.25. The highest BCUT2D eigenvalue weighted by atomic mass is 16.5. The first-order chi connectivity index (χ1) is 8.19. The van der Waals surface area contributed by atoms with Gasteiger partial charge in [-0.05, 0) is 26.3 Å². The fraction of sp³-hybridized carbons (Fsp3) is 0.923. The molecular weight excluding hydrogens is 216 g/mol. The van der Waals surface area contributed by atoms with Crippen LogP contribution in [0.4, 0.5) is 0 Å². The molecular formula is C13H26N2O2. The second-order valence-corrected chi connectivity index (χ2v) is 4.80. The molecule has 1 aliphatic rings. The van der Waals surface area contributed by atoms with Crippen molar-refractivity contribution < 1.29 is 9.53 Å². The molecule has 1 rings (SSSR count). The number of likely N-dealkylation sites (N-methyl/N-ethyl adjacent to an activating group) is 2. The summed E-state index contributed by atoms with van der Waals surface area (Å²) in [6, 6.07) is 0. The van der Waals surface area contributed by atoms with Crippen LogP contribution in [0.1, 0.15) is 39.0 Å². The second-order valence-electron chi connectivity index (χ2n) is 4.80. The third kappa shape index (κ3) is 4.64. The fourth-order valence-electron chi connectivity index (χ4n) is 2.22. The number of carbonyl (C=O) groups is 1. The molecule has 0 radical (unpaired) electrons. The summed E-state index contributed by atoms with van der Waals surface area (Å²) in [5.74, 6) is 0.120. The molecule has 100 valence electrons. The number of carbonyl (C=O) groups excluding carboxylic acids is 1. The molecule has 0 saturated heterocycles. The van der Waals surface area contributed by atoms with Crippen molar-refractivity contribution in [3.05, 3.63) is 0 Å². The first-order valence-electron chi connectivity index (χ1n) is 6.74. The van der Waals surface area contributed by atoms with Crippen LogP contribution in [0.5, 0.6) is 0 Å². The average molecular weight is 242 g/mol. The zero-order valence-corrected chi connectivity index (χ0v) is 11.4. The Labute approximate surface area is 105 Å². The molecule has 1 saturated carbocycles. The number of nitrogens with zero attached hydrogens (tertiary/aromatic N) is 1. The van der Waals surface area contributed by atoms with Crippen LogP contribution in [-0.2, 0) is 9.53 Å². The van der Waals surface area contributed by atoms with Gasteiger partial charge in [-0.3, -0.25) is 4.79 Å². The van der Waals surface area contributed by atoms with Gasteiger partial charge in [0.25, 0.3) is 5.91 Å². The summed E-state index contributed by atoms with van der Waals surface area (Å²) in [5, 5.41) is 3.05. The molecule has 0 aliphatic heterocycles. The highest BCUT2D eigenvalue weighted by molar-refractivity contribution is 5.80. The van der Waals surface area contributed by atoms with E-state index in [2.05, 4.69) is 5.32 Å². The van der Waals surface area contributed by atoms with E-state index in [4.69, 9.17) is 4.74 Å². The van der Waals surface area contributed by atoms with E-state index in [0.717, 1.165) is 32.4 Å². The number of ether oxygens (including phenoxy) is 1. The summed E-state index contributed by atoms with van der Waals surface area (Å²) in [6.45, 7) is 3.57. The lowest BCUT2D eigenvalue weighted by molar-refractivity contribution is -0.146. The van der Waals surface area contributed by atoms with Gasteiger partial charge in [-0.2, -0.15) is 0 Å².